The highest BCUT2D eigenvalue weighted by atomic mass is 32.2. The number of rotatable bonds is 7. The van der Waals surface area contributed by atoms with Gasteiger partial charge in [0.05, 0.1) is 18.5 Å². The molecule has 2 aromatic carbocycles. The number of nitrogens with zero attached hydrogens (tertiary/aromatic N) is 1. The van der Waals surface area contributed by atoms with Crippen LogP contribution in [0, 0.1) is 0 Å². The van der Waals surface area contributed by atoms with Gasteiger partial charge in [-0.1, -0.05) is 30.3 Å². The van der Waals surface area contributed by atoms with Gasteiger partial charge in [0.2, 0.25) is 0 Å². The summed E-state index contributed by atoms with van der Waals surface area (Å²) in [6.45, 7) is 0.256. The molecule has 1 aliphatic carbocycles. The fourth-order valence-corrected chi connectivity index (χ4v) is 4.53. The first-order chi connectivity index (χ1) is 15.4. The van der Waals surface area contributed by atoms with Crippen LogP contribution in [0.3, 0.4) is 0 Å². The molecule has 0 aromatic heterocycles. The van der Waals surface area contributed by atoms with E-state index in [0.29, 0.717) is 51.6 Å². The molecule has 0 saturated carbocycles. The molecule has 0 radical (unpaired) electrons. The van der Waals surface area contributed by atoms with Crippen molar-refractivity contribution in [1.29, 1.82) is 0 Å². The van der Waals surface area contributed by atoms with Crippen molar-refractivity contribution in [2.24, 2.45) is 4.99 Å². The van der Waals surface area contributed by atoms with E-state index in [0.717, 1.165) is 5.56 Å². The van der Waals surface area contributed by atoms with Crippen LogP contribution in [-0.2, 0) is 16.5 Å². The molecular formula is C24H23NO6S. The molecule has 2 aromatic rings. The summed E-state index contributed by atoms with van der Waals surface area (Å²) in [6.07, 6.45) is 1.28. The van der Waals surface area contributed by atoms with E-state index in [1.807, 2.05) is 18.2 Å². The molecule has 166 valence electrons. The number of benzene rings is 3. The molecule has 0 amide bonds. The molecule has 0 bridgehead atoms. The van der Waals surface area contributed by atoms with Gasteiger partial charge in [-0.15, -0.1) is 0 Å². The van der Waals surface area contributed by atoms with Crippen LogP contribution in [0.15, 0.2) is 75.0 Å². The van der Waals surface area contributed by atoms with E-state index in [1.165, 1.54) is 6.07 Å². The zero-order valence-electron chi connectivity index (χ0n) is 17.2. The number of aliphatic hydroxyl groups excluding tert-OH is 2. The lowest BCUT2D eigenvalue weighted by Crippen LogP contribution is -2.06. The molecule has 0 unspecified atom stereocenters. The first kappa shape index (κ1) is 22.2. The van der Waals surface area contributed by atoms with Gasteiger partial charge in [-0.3, -0.25) is 9.55 Å². The Balaban J connectivity index is 2.08. The summed E-state index contributed by atoms with van der Waals surface area (Å²) in [6, 6.07) is 17.3. The maximum Gasteiger partial charge on any atom is 0.295 e. The summed E-state index contributed by atoms with van der Waals surface area (Å²) >= 11 is 0. The molecule has 0 atom stereocenters. The van der Waals surface area contributed by atoms with Crippen molar-refractivity contribution in [1.82, 2.24) is 0 Å². The Morgan fingerprint density at radius 3 is 2.47 bits per heavy atom. The highest BCUT2D eigenvalue weighted by Gasteiger charge is 2.23. The molecule has 4 rings (SSSR count). The van der Waals surface area contributed by atoms with Gasteiger partial charge < -0.3 is 14.6 Å². The monoisotopic (exact) mass is 453 g/mol. The highest BCUT2D eigenvalue weighted by Crippen LogP contribution is 2.42. The van der Waals surface area contributed by atoms with Crippen LogP contribution in [0.4, 0.5) is 0 Å². The first-order valence-corrected chi connectivity index (χ1v) is 11.6. The summed E-state index contributed by atoms with van der Waals surface area (Å²) in [5.74, 6) is 0.496. The Morgan fingerprint density at radius 1 is 0.906 bits per heavy atom. The second kappa shape index (κ2) is 9.22. The summed E-state index contributed by atoms with van der Waals surface area (Å²) in [4.78, 5) is 4.11. The minimum atomic E-state index is -4.46. The molecule has 3 N–H and O–H groups in total. The Hall–Kier alpha value is -3.04. The summed E-state index contributed by atoms with van der Waals surface area (Å²) in [5.41, 5.74) is 3.18. The predicted molar refractivity (Wildman–Crippen MR) is 121 cm³/mol. The average Bonchev–Trinajstić information content (AvgIpc) is 2.79. The minimum Gasteiger partial charge on any atom is -0.456 e. The number of aryl methyl sites for hydroxylation is 1. The SMILES string of the molecule is O=S(=O)(O)c1ccccc1-c1c2ccc(=NCCO)cc-2oc2cc(CCCO)ccc12. The Kier molecular flexibility index (Phi) is 6.38. The summed E-state index contributed by atoms with van der Waals surface area (Å²) in [5, 5.41) is 19.5. The van der Waals surface area contributed by atoms with Gasteiger partial charge in [0.1, 0.15) is 16.2 Å². The second-order valence-electron chi connectivity index (χ2n) is 7.39. The lowest BCUT2D eigenvalue weighted by Gasteiger charge is -2.17. The Bertz CT molecular complexity index is 1410. The molecule has 0 saturated heterocycles. The zero-order chi connectivity index (χ0) is 22.7. The molecule has 0 spiro atoms. The van der Waals surface area contributed by atoms with Crippen LogP contribution >= 0.6 is 0 Å². The van der Waals surface area contributed by atoms with Crippen molar-refractivity contribution >= 4 is 21.1 Å². The topological polar surface area (TPSA) is 120 Å². The quantitative estimate of drug-likeness (QED) is 0.292. The lowest BCUT2D eigenvalue weighted by molar-refractivity contribution is 0.288. The minimum absolute atomic E-state index is 0.0753. The Morgan fingerprint density at radius 2 is 1.72 bits per heavy atom. The third-order valence-electron chi connectivity index (χ3n) is 5.22. The van der Waals surface area contributed by atoms with Gasteiger partial charge in [0.15, 0.2) is 0 Å². The van der Waals surface area contributed by atoms with Gasteiger partial charge in [0, 0.05) is 34.7 Å². The fourth-order valence-electron chi connectivity index (χ4n) is 3.83. The van der Waals surface area contributed by atoms with Crippen LogP contribution in [0.2, 0.25) is 0 Å². The van der Waals surface area contributed by atoms with E-state index >= 15 is 0 Å². The van der Waals surface area contributed by atoms with Crippen molar-refractivity contribution in [3.05, 3.63) is 71.6 Å². The summed E-state index contributed by atoms with van der Waals surface area (Å²) < 4.78 is 40.2. The number of hydrogen-bond donors (Lipinski definition) is 3. The van der Waals surface area contributed by atoms with Crippen molar-refractivity contribution in [2.75, 3.05) is 19.8 Å². The lowest BCUT2D eigenvalue weighted by atomic mass is 9.93. The van der Waals surface area contributed by atoms with E-state index in [1.54, 1.807) is 36.4 Å². The van der Waals surface area contributed by atoms with E-state index in [4.69, 9.17) is 14.6 Å². The van der Waals surface area contributed by atoms with Gasteiger partial charge >= 0.3 is 0 Å². The zero-order valence-corrected chi connectivity index (χ0v) is 18.0. The van der Waals surface area contributed by atoms with Gasteiger partial charge in [-0.25, -0.2) is 0 Å². The van der Waals surface area contributed by atoms with E-state index in [9.17, 15) is 13.0 Å². The first-order valence-electron chi connectivity index (χ1n) is 10.2. The van der Waals surface area contributed by atoms with E-state index < -0.39 is 10.1 Å². The standard InChI is InChI=1S/C24H23NO6S/c26-12-3-4-16-7-9-18-21(14-16)31-22-15-17(25-11-13-27)8-10-19(22)24(18)20-5-1-2-6-23(20)32(28,29)30/h1-2,5-10,14-15,26-27H,3-4,11-13H2,(H,28,29,30). The normalized spacial score (nSPS) is 12.7. The third kappa shape index (κ3) is 4.44. The van der Waals surface area contributed by atoms with Gasteiger partial charge in [-0.05, 0) is 42.7 Å². The maximum absolute atomic E-state index is 12.1. The third-order valence-corrected chi connectivity index (χ3v) is 6.13. The van der Waals surface area contributed by atoms with Crippen LogP contribution < -0.4 is 5.36 Å². The molecule has 7 nitrogen and oxygen atoms in total. The van der Waals surface area contributed by atoms with Crippen LogP contribution in [-0.4, -0.2) is 42.9 Å². The van der Waals surface area contributed by atoms with Crippen molar-refractivity contribution < 1.29 is 27.6 Å². The predicted octanol–water partition coefficient (Wildman–Crippen LogP) is 3.27. The largest absolute Gasteiger partial charge is 0.456 e. The van der Waals surface area contributed by atoms with E-state index in [2.05, 4.69) is 4.99 Å². The molecule has 2 aliphatic rings. The smallest absolute Gasteiger partial charge is 0.295 e. The Labute approximate surface area is 185 Å². The van der Waals surface area contributed by atoms with Crippen LogP contribution in [0.1, 0.15) is 12.0 Å². The van der Waals surface area contributed by atoms with Gasteiger partial charge in [0.25, 0.3) is 10.1 Å². The van der Waals surface area contributed by atoms with Crippen LogP contribution in [0.25, 0.3) is 33.4 Å². The number of aliphatic hydroxyl groups is 2. The molecule has 8 heteroatoms. The number of fused-ring (bicyclic) bond motifs is 2. The van der Waals surface area contributed by atoms with E-state index in [-0.39, 0.29) is 24.7 Å². The molecule has 1 heterocycles. The van der Waals surface area contributed by atoms with Crippen LogP contribution in [0.5, 0.6) is 0 Å². The summed E-state index contributed by atoms with van der Waals surface area (Å²) in [7, 11) is -4.46. The molecule has 32 heavy (non-hydrogen) atoms. The average molecular weight is 454 g/mol. The second-order valence-corrected chi connectivity index (χ2v) is 8.78. The number of hydrogen-bond acceptors (Lipinski definition) is 6. The highest BCUT2D eigenvalue weighted by molar-refractivity contribution is 7.86. The van der Waals surface area contributed by atoms with Crippen molar-refractivity contribution in [2.45, 2.75) is 17.7 Å². The fraction of sp³-hybridized carbons (Fsp3) is 0.208. The van der Waals surface area contributed by atoms with Crippen molar-refractivity contribution in [3.8, 4) is 22.5 Å². The molecule has 1 aliphatic heterocycles. The van der Waals surface area contributed by atoms with Gasteiger partial charge in [-0.2, -0.15) is 8.42 Å². The molecular weight excluding hydrogens is 430 g/mol. The maximum atomic E-state index is 12.1. The van der Waals surface area contributed by atoms with Crippen molar-refractivity contribution in [3.63, 3.8) is 0 Å². The molecule has 0 fully saturated rings.